The van der Waals surface area contributed by atoms with Crippen molar-refractivity contribution in [2.75, 3.05) is 5.32 Å². The van der Waals surface area contributed by atoms with Gasteiger partial charge >= 0.3 is 0 Å². The number of rotatable bonds is 3. The molecule has 0 saturated heterocycles. The first-order valence-corrected chi connectivity index (χ1v) is 8.81. The van der Waals surface area contributed by atoms with E-state index in [1.807, 2.05) is 24.3 Å². The minimum absolute atomic E-state index is 0.0468. The van der Waals surface area contributed by atoms with Gasteiger partial charge in [0.15, 0.2) is 11.5 Å². The summed E-state index contributed by atoms with van der Waals surface area (Å²) in [7, 11) is 0. The van der Waals surface area contributed by atoms with Gasteiger partial charge in [-0.2, -0.15) is 0 Å². The molecule has 26 heavy (non-hydrogen) atoms. The first-order chi connectivity index (χ1) is 12.6. The van der Waals surface area contributed by atoms with E-state index in [1.54, 1.807) is 24.8 Å². The molecule has 2 heterocycles. The lowest BCUT2D eigenvalue weighted by Gasteiger charge is -2.14. The maximum Gasteiger partial charge on any atom is 0.278 e. The van der Waals surface area contributed by atoms with Gasteiger partial charge in [-0.15, -0.1) is 11.8 Å². The Kier molecular flexibility index (Phi) is 3.96. The second kappa shape index (κ2) is 6.30. The van der Waals surface area contributed by atoms with Crippen molar-refractivity contribution < 1.29 is 14.2 Å². The highest BCUT2D eigenvalue weighted by Crippen LogP contribution is 2.42. The van der Waals surface area contributed by atoms with Crippen LogP contribution in [0, 0.1) is 17.0 Å². The molecule has 0 unspecified atom stereocenters. The lowest BCUT2D eigenvalue weighted by molar-refractivity contribution is -0.385. The molecular weight excluding hydrogens is 354 g/mol. The van der Waals surface area contributed by atoms with Gasteiger partial charge in [-0.1, -0.05) is 23.4 Å². The van der Waals surface area contributed by atoms with Crippen LogP contribution in [0.1, 0.15) is 21.6 Å². The van der Waals surface area contributed by atoms with Gasteiger partial charge in [0.1, 0.15) is 0 Å². The van der Waals surface area contributed by atoms with Crippen molar-refractivity contribution in [1.82, 2.24) is 5.16 Å². The number of nitro benzene ring substituents is 1. The summed E-state index contributed by atoms with van der Waals surface area (Å²) in [5, 5.41) is 17.7. The molecule has 8 heteroatoms. The van der Waals surface area contributed by atoms with E-state index >= 15 is 0 Å². The number of thioether (sulfide) groups is 1. The van der Waals surface area contributed by atoms with Crippen molar-refractivity contribution in [2.24, 2.45) is 0 Å². The largest absolute Gasteiger partial charge is 0.355 e. The number of nitrogens with zero attached hydrogens (tertiary/aromatic N) is 2. The maximum absolute atomic E-state index is 12.7. The summed E-state index contributed by atoms with van der Waals surface area (Å²) in [5.41, 5.74) is 2.57. The van der Waals surface area contributed by atoms with Crippen LogP contribution in [0.4, 0.5) is 11.4 Å². The van der Waals surface area contributed by atoms with E-state index in [-0.39, 0.29) is 11.4 Å². The van der Waals surface area contributed by atoms with Crippen molar-refractivity contribution in [1.29, 1.82) is 0 Å². The lowest BCUT2D eigenvalue weighted by atomic mass is 10.1. The van der Waals surface area contributed by atoms with Gasteiger partial charge in [0.05, 0.1) is 16.2 Å². The van der Waals surface area contributed by atoms with Crippen LogP contribution in [0.15, 0.2) is 51.9 Å². The van der Waals surface area contributed by atoms with Crippen molar-refractivity contribution >= 4 is 29.0 Å². The number of aromatic nitrogens is 1. The number of amides is 1. The Morgan fingerprint density at radius 1 is 1.27 bits per heavy atom. The highest BCUT2D eigenvalue weighted by Gasteiger charge is 2.28. The van der Waals surface area contributed by atoms with Crippen LogP contribution in [-0.2, 0) is 5.75 Å². The standard InChI is InChI=1S/C18H13N3O4S/c1-10-13(6-4-7-14(10)21(23)24)19-18(22)16-12-9-26-15-8-3-2-5-11(15)17(12)25-20-16/h2-8H,9H2,1H3,(H,19,22). The fourth-order valence-electron chi connectivity index (χ4n) is 2.90. The predicted molar refractivity (Wildman–Crippen MR) is 97.3 cm³/mol. The Balaban J connectivity index is 1.67. The van der Waals surface area contributed by atoms with E-state index in [2.05, 4.69) is 10.5 Å². The van der Waals surface area contributed by atoms with Gasteiger partial charge in [0, 0.05) is 27.8 Å². The monoisotopic (exact) mass is 367 g/mol. The van der Waals surface area contributed by atoms with Gasteiger partial charge in [0.25, 0.3) is 11.6 Å². The molecule has 130 valence electrons. The minimum Gasteiger partial charge on any atom is -0.355 e. The number of anilines is 1. The summed E-state index contributed by atoms with van der Waals surface area (Å²) < 4.78 is 5.43. The number of hydrogen-bond acceptors (Lipinski definition) is 6. The molecule has 4 rings (SSSR count). The molecule has 3 aromatic rings. The number of carbonyl (C=O) groups is 1. The highest BCUT2D eigenvalue weighted by molar-refractivity contribution is 7.98. The molecule has 0 fully saturated rings. The van der Waals surface area contributed by atoms with Gasteiger partial charge in [0.2, 0.25) is 0 Å². The van der Waals surface area contributed by atoms with Crippen molar-refractivity contribution in [3.63, 3.8) is 0 Å². The third-order valence-corrected chi connectivity index (χ3v) is 5.36. The van der Waals surface area contributed by atoms with E-state index in [4.69, 9.17) is 4.52 Å². The number of carbonyl (C=O) groups excluding carboxylic acids is 1. The fraction of sp³-hybridized carbons (Fsp3) is 0.111. The Hall–Kier alpha value is -3.13. The molecule has 2 aromatic carbocycles. The third kappa shape index (κ3) is 2.64. The van der Waals surface area contributed by atoms with Crippen molar-refractivity contribution in [3.8, 4) is 11.3 Å². The van der Waals surface area contributed by atoms with Crippen LogP contribution in [0.2, 0.25) is 0 Å². The molecule has 7 nitrogen and oxygen atoms in total. The Morgan fingerprint density at radius 2 is 2.08 bits per heavy atom. The molecule has 1 aromatic heterocycles. The second-order valence-corrected chi connectivity index (χ2v) is 6.80. The third-order valence-electron chi connectivity index (χ3n) is 4.26. The molecule has 0 bridgehead atoms. The molecule has 0 saturated carbocycles. The topological polar surface area (TPSA) is 98.3 Å². The summed E-state index contributed by atoms with van der Waals surface area (Å²) in [6, 6.07) is 12.3. The summed E-state index contributed by atoms with van der Waals surface area (Å²) in [6.07, 6.45) is 0. The Bertz CT molecular complexity index is 1040. The normalized spacial score (nSPS) is 12.2. The van der Waals surface area contributed by atoms with E-state index in [1.165, 1.54) is 12.1 Å². The summed E-state index contributed by atoms with van der Waals surface area (Å²) in [5.74, 6) is 0.728. The average molecular weight is 367 g/mol. The maximum atomic E-state index is 12.7. The zero-order chi connectivity index (χ0) is 18.3. The molecule has 1 aliphatic heterocycles. The predicted octanol–water partition coefficient (Wildman–Crippen LogP) is 4.42. The highest BCUT2D eigenvalue weighted by atomic mass is 32.2. The van der Waals surface area contributed by atoms with Gasteiger partial charge < -0.3 is 9.84 Å². The van der Waals surface area contributed by atoms with Crippen LogP contribution in [0.3, 0.4) is 0 Å². The molecule has 1 aliphatic rings. The Labute approximate surface area is 152 Å². The first kappa shape index (κ1) is 16.3. The van der Waals surface area contributed by atoms with E-state index < -0.39 is 10.8 Å². The van der Waals surface area contributed by atoms with Crippen LogP contribution >= 0.6 is 11.8 Å². The van der Waals surface area contributed by atoms with Crippen molar-refractivity contribution in [3.05, 3.63) is 69.4 Å². The van der Waals surface area contributed by atoms with Crippen LogP contribution in [-0.4, -0.2) is 16.0 Å². The first-order valence-electron chi connectivity index (χ1n) is 7.82. The van der Waals surface area contributed by atoms with Crippen molar-refractivity contribution in [2.45, 2.75) is 17.6 Å². The summed E-state index contributed by atoms with van der Waals surface area (Å²) in [4.78, 5) is 24.3. The summed E-state index contributed by atoms with van der Waals surface area (Å²) in [6.45, 7) is 1.60. The smallest absolute Gasteiger partial charge is 0.278 e. The van der Waals surface area contributed by atoms with Gasteiger partial charge in [-0.05, 0) is 25.1 Å². The summed E-state index contributed by atoms with van der Waals surface area (Å²) >= 11 is 1.61. The molecule has 0 spiro atoms. The lowest BCUT2D eigenvalue weighted by Crippen LogP contribution is -2.15. The molecule has 1 N–H and O–H groups in total. The van der Waals surface area contributed by atoms with E-state index in [0.29, 0.717) is 22.8 Å². The van der Waals surface area contributed by atoms with Crippen LogP contribution in [0.25, 0.3) is 11.3 Å². The van der Waals surface area contributed by atoms with E-state index in [9.17, 15) is 14.9 Å². The SMILES string of the molecule is Cc1c(NC(=O)c2noc3c2CSc2ccccc2-3)cccc1[N+](=O)[O-]. The quantitative estimate of drug-likeness (QED) is 0.544. The van der Waals surface area contributed by atoms with Gasteiger partial charge in [-0.25, -0.2) is 0 Å². The van der Waals surface area contributed by atoms with Crippen LogP contribution < -0.4 is 5.32 Å². The molecule has 0 atom stereocenters. The Morgan fingerprint density at radius 3 is 2.88 bits per heavy atom. The number of nitrogens with one attached hydrogen (secondary N) is 1. The minimum atomic E-state index is -0.476. The molecule has 0 radical (unpaired) electrons. The zero-order valence-corrected chi connectivity index (χ0v) is 14.5. The van der Waals surface area contributed by atoms with Crippen LogP contribution in [0.5, 0.6) is 0 Å². The fourth-order valence-corrected chi connectivity index (χ4v) is 3.96. The molecular formula is C18H13N3O4S. The second-order valence-electron chi connectivity index (χ2n) is 5.78. The number of hydrogen-bond donors (Lipinski definition) is 1. The molecule has 1 amide bonds. The number of fused-ring (bicyclic) bond motifs is 3. The zero-order valence-electron chi connectivity index (χ0n) is 13.7. The van der Waals surface area contributed by atoms with Gasteiger partial charge in [-0.3, -0.25) is 14.9 Å². The van der Waals surface area contributed by atoms with E-state index in [0.717, 1.165) is 16.0 Å². The average Bonchev–Trinajstić information content (AvgIpc) is 3.08. The number of nitro groups is 1. The molecule has 0 aliphatic carbocycles. The number of benzene rings is 2.